The second-order valence-electron chi connectivity index (χ2n) is 4.67. The summed E-state index contributed by atoms with van der Waals surface area (Å²) in [5.74, 6) is -30.3. The molecule has 0 saturated heterocycles. The van der Waals surface area contributed by atoms with E-state index in [0.717, 1.165) is 6.92 Å². The van der Waals surface area contributed by atoms with E-state index in [1.807, 2.05) is 0 Å². The smallest absolute Gasteiger partial charge is 0.453 e. The lowest BCUT2D eigenvalue weighted by Crippen LogP contribution is -2.68. The third-order valence-corrected chi connectivity index (χ3v) is 2.71. The van der Waals surface area contributed by atoms with Crippen LogP contribution in [0.2, 0.25) is 0 Å². The van der Waals surface area contributed by atoms with Gasteiger partial charge in [-0.1, -0.05) is 6.58 Å². The minimum atomic E-state index is -7.54. The SMILES string of the molecule is C=C(C)C(=O)OC(C)C(F)(F)C(F)(F)C(F)(F)C(F)(F)C(F)(F)F. The fourth-order valence-electron chi connectivity index (χ4n) is 1.17. The number of hydrogen-bond donors (Lipinski definition) is 0. The van der Waals surface area contributed by atoms with Crippen LogP contribution in [-0.4, -0.2) is 41.9 Å². The van der Waals surface area contributed by atoms with E-state index in [1.165, 1.54) is 0 Å². The number of alkyl halides is 11. The number of esters is 1. The second-order valence-corrected chi connectivity index (χ2v) is 4.67. The van der Waals surface area contributed by atoms with Crippen LogP contribution in [0.5, 0.6) is 0 Å². The minimum Gasteiger partial charge on any atom is -0.453 e. The molecule has 0 aromatic heterocycles. The number of hydrogen-bond acceptors (Lipinski definition) is 2. The first-order chi connectivity index (χ1) is 10.2. The van der Waals surface area contributed by atoms with Gasteiger partial charge in [0.1, 0.15) is 0 Å². The summed E-state index contributed by atoms with van der Waals surface area (Å²) in [4.78, 5) is 10.9. The van der Waals surface area contributed by atoms with E-state index in [4.69, 9.17) is 0 Å². The lowest BCUT2D eigenvalue weighted by atomic mass is 9.95. The zero-order valence-electron chi connectivity index (χ0n) is 11.8. The van der Waals surface area contributed by atoms with Crippen molar-refractivity contribution in [2.75, 3.05) is 0 Å². The standard InChI is InChI=1S/C11H9F11O2/c1-4(2)6(23)24-5(3)7(12,13)8(14,15)9(16,17)10(18,19)11(20,21)22/h5H,1H2,2-3H3. The first kappa shape index (κ1) is 22.4. The van der Waals surface area contributed by atoms with Gasteiger partial charge < -0.3 is 4.74 Å². The van der Waals surface area contributed by atoms with Crippen LogP contribution in [-0.2, 0) is 9.53 Å². The summed E-state index contributed by atoms with van der Waals surface area (Å²) in [5, 5.41) is 0. The molecule has 1 atom stereocenters. The second kappa shape index (κ2) is 6.06. The number of halogens is 11. The average Bonchev–Trinajstić information content (AvgIpc) is 2.36. The molecule has 0 spiro atoms. The molecule has 2 nitrogen and oxygen atoms in total. The predicted octanol–water partition coefficient (Wildman–Crippen LogP) is 4.60. The summed E-state index contributed by atoms with van der Waals surface area (Å²) in [6, 6.07) is 0. The van der Waals surface area contributed by atoms with Crippen molar-refractivity contribution in [1.29, 1.82) is 0 Å². The Morgan fingerprint density at radius 2 is 1.21 bits per heavy atom. The van der Waals surface area contributed by atoms with Crippen molar-refractivity contribution in [2.45, 2.75) is 49.8 Å². The normalized spacial score (nSPS) is 15.9. The topological polar surface area (TPSA) is 26.3 Å². The molecule has 0 aromatic rings. The summed E-state index contributed by atoms with van der Waals surface area (Å²) >= 11 is 0. The molecule has 0 fully saturated rings. The fourth-order valence-corrected chi connectivity index (χ4v) is 1.17. The van der Waals surface area contributed by atoms with E-state index in [0.29, 0.717) is 0 Å². The molecule has 142 valence electrons. The number of rotatable bonds is 6. The highest BCUT2D eigenvalue weighted by atomic mass is 19.4. The summed E-state index contributed by atoms with van der Waals surface area (Å²) in [6.07, 6.45) is -10.7. The third kappa shape index (κ3) is 3.29. The van der Waals surface area contributed by atoms with Gasteiger partial charge in [0.25, 0.3) is 0 Å². The maximum atomic E-state index is 13.4. The van der Waals surface area contributed by atoms with E-state index in [1.54, 1.807) is 0 Å². The molecule has 0 heterocycles. The summed E-state index contributed by atoms with van der Waals surface area (Å²) in [7, 11) is 0. The number of carbonyl (C=O) groups excluding carboxylic acids is 1. The Morgan fingerprint density at radius 1 is 0.833 bits per heavy atom. The van der Waals surface area contributed by atoms with Crippen molar-refractivity contribution in [1.82, 2.24) is 0 Å². The van der Waals surface area contributed by atoms with Crippen molar-refractivity contribution in [3.8, 4) is 0 Å². The van der Waals surface area contributed by atoms with Gasteiger partial charge in [0.05, 0.1) is 0 Å². The van der Waals surface area contributed by atoms with E-state index in [-0.39, 0.29) is 6.92 Å². The Labute approximate surface area is 127 Å². The van der Waals surface area contributed by atoms with Crippen LogP contribution in [0.3, 0.4) is 0 Å². The Kier molecular flexibility index (Phi) is 5.67. The molecule has 0 saturated carbocycles. The van der Waals surface area contributed by atoms with Crippen LogP contribution in [0.15, 0.2) is 12.2 Å². The summed E-state index contributed by atoms with van der Waals surface area (Å²) < 4.78 is 144. The largest absolute Gasteiger partial charge is 0.460 e. The van der Waals surface area contributed by atoms with Gasteiger partial charge in [-0.15, -0.1) is 0 Å². The molecule has 0 aliphatic carbocycles. The molecule has 0 aliphatic rings. The molecule has 13 heteroatoms. The quantitative estimate of drug-likeness (QED) is 0.381. The molecular formula is C11H9F11O2. The molecule has 0 aromatic carbocycles. The molecule has 1 unspecified atom stereocenters. The highest BCUT2D eigenvalue weighted by molar-refractivity contribution is 5.87. The molecule has 0 N–H and O–H groups in total. The molecule has 0 amide bonds. The van der Waals surface area contributed by atoms with Gasteiger partial charge >= 0.3 is 35.8 Å². The van der Waals surface area contributed by atoms with Crippen LogP contribution < -0.4 is 0 Å². The first-order valence-electron chi connectivity index (χ1n) is 5.69. The van der Waals surface area contributed by atoms with Gasteiger partial charge in [-0.2, -0.15) is 48.3 Å². The van der Waals surface area contributed by atoms with Gasteiger partial charge in [-0.05, 0) is 13.8 Å². The Hall–Kier alpha value is -1.56. The molecule has 24 heavy (non-hydrogen) atoms. The van der Waals surface area contributed by atoms with Crippen molar-refractivity contribution >= 4 is 5.97 Å². The molecule has 0 rings (SSSR count). The first-order valence-corrected chi connectivity index (χ1v) is 5.69. The van der Waals surface area contributed by atoms with E-state index >= 15 is 0 Å². The Morgan fingerprint density at radius 3 is 1.50 bits per heavy atom. The van der Waals surface area contributed by atoms with Gasteiger partial charge in [-0.3, -0.25) is 0 Å². The van der Waals surface area contributed by atoms with Gasteiger partial charge in [0.2, 0.25) is 0 Å². The zero-order chi connectivity index (χ0) is 19.9. The van der Waals surface area contributed by atoms with Crippen LogP contribution in [0, 0.1) is 0 Å². The van der Waals surface area contributed by atoms with Crippen molar-refractivity contribution in [2.24, 2.45) is 0 Å². The predicted molar refractivity (Wildman–Crippen MR) is 56.2 cm³/mol. The van der Waals surface area contributed by atoms with Crippen molar-refractivity contribution < 1.29 is 57.8 Å². The molecule has 0 radical (unpaired) electrons. The summed E-state index contributed by atoms with van der Waals surface area (Å²) in [6.45, 7) is 3.61. The minimum absolute atomic E-state index is 0.0867. The Balaban J connectivity index is 5.93. The maximum absolute atomic E-state index is 13.4. The molecule has 0 bridgehead atoms. The van der Waals surface area contributed by atoms with E-state index in [9.17, 15) is 53.1 Å². The summed E-state index contributed by atoms with van der Waals surface area (Å²) in [5.41, 5.74) is -0.645. The van der Waals surface area contributed by atoms with Crippen LogP contribution >= 0.6 is 0 Å². The van der Waals surface area contributed by atoms with Crippen LogP contribution in [0.1, 0.15) is 13.8 Å². The number of carbonyl (C=O) groups is 1. The highest BCUT2D eigenvalue weighted by Crippen LogP contribution is 2.58. The van der Waals surface area contributed by atoms with Crippen LogP contribution in [0.4, 0.5) is 48.3 Å². The van der Waals surface area contributed by atoms with Gasteiger partial charge in [0, 0.05) is 5.57 Å². The maximum Gasteiger partial charge on any atom is 0.460 e. The fraction of sp³-hybridized carbons (Fsp3) is 0.727. The van der Waals surface area contributed by atoms with E-state index < -0.39 is 47.5 Å². The van der Waals surface area contributed by atoms with Crippen LogP contribution in [0.25, 0.3) is 0 Å². The third-order valence-electron chi connectivity index (χ3n) is 2.71. The van der Waals surface area contributed by atoms with Gasteiger partial charge in [-0.25, -0.2) is 4.79 Å². The molecule has 0 aliphatic heterocycles. The van der Waals surface area contributed by atoms with Gasteiger partial charge in [0.15, 0.2) is 6.10 Å². The molecular weight excluding hydrogens is 373 g/mol. The number of ether oxygens (including phenoxy) is 1. The van der Waals surface area contributed by atoms with Crippen molar-refractivity contribution in [3.63, 3.8) is 0 Å². The zero-order valence-corrected chi connectivity index (χ0v) is 11.8. The van der Waals surface area contributed by atoms with Crippen molar-refractivity contribution in [3.05, 3.63) is 12.2 Å². The van der Waals surface area contributed by atoms with E-state index in [2.05, 4.69) is 11.3 Å². The monoisotopic (exact) mass is 382 g/mol. The lowest BCUT2D eigenvalue weighted by Gasteiger charge is -2.38. The highest BCUT2D eigenvalue weighted by Gasteiger charge is 2.88. The lowest BCUT2D eigenvalue weighted by molar-refractivity contribution is -0.427. The Bertz CT molecular complexity index is 507. The average molecular weight is 382 g/mol.